The lowest BCUT2D eigenvalue weighted by Crippen LogP contribution is -2.52. The van der Waals surface area contributed by atoms with E-state index < -0.39 is 16.9 Å². The molecular formula is C12H26O5Si2. The minimum Gasteiger partial charge on any atom is -0.462 e. The average Bonchev–Trinajstić information content (AvgIpc) is 2.31. The van der Waals surface area contributed by atoms with Crippen molar-refractivity contribution in [3.63, 3.8) is 0 Å². The highest BCUT2D eigenvalue weighted by molar-refractivity contribution is 6.82. The molecule has 0 aliphatic rings. The van der Waals surface area contributed by atoms with Crippen molar-refractivity contribution < 1.29 is 23.2 Å². The van der Waals surface area contributed by atoms with Gasteiger partial charge in [-0.25, -0.2) is 4.79 Å². The summed E-state index contributed by atoms with van der Waals surface area (Å²) in [6, 6.07) is 0.605. The van der Waals surface area contributed by atoms with Gasteiger partial charge >= 0.3 is 14.5 Å². The lowest BCUT2D eigenvalue weighted by atomic mass is 10.4. The van der Waals surface area contributed by atoms with E-state index in [9.17, 15) is 9.90 Å². The molecule has 0 radical (unpaired) electrons. The first-order valence-corrected chi connectivity index (χ1v) is 12.0. The fourth-order valence-corrected chi connectivity index (χ4v) is 8.20. The molecule has 0 aromatic rings. The van der Waals surface area contributed by atoms with Crippen LogP contribution in [0, 0.1) is 0 Å². The summed E-state index contributed by atoms with van der Waals surface area (Å²) in [6.07, 6.45) is 0.534. The van der Waals surface area contributed by atoms with Crippen molar-refractivity contribution in [2.75, 3.05) is 19.9 Å². The smallest absolute Gasteiger partial charge is 0.354 e. The van der Waals surface area contributed by atoms with Gasteiger partial charge in [0.15, 0.2) is 8.32 Å². The Hall–Kier alpha value is -0.476. The highest BCUT2D eigenvalue weighted by Gasteiger charge is 2.39. The molecule has 0 aromatic heterocycles. The first kappa shape index (κ1) is 18.5. The van der Waals surface area contributed by atoms with Crippen molar-refractivity contribution in [1.29, 1.82) is 0 Å². The quantitative estimate of drug-likeness (QED) is 0.305. The SMILES string of the molecule is C=C(C)C(=O)OCCC[Si](CO)(OC)O[Si](C)(C)C. The number of rotatable bonds is 9. The predicted molar refractivity (Wildman–Crippen MR) is 79.5 cm³/mol. The number of carbonyl (C=O) groups excluding carboxylic acids is 1. The van der Waals surface area contributed by atoms with Gasteiger partial charge in [-0.15, -0.1) is 0 Å². The number of aliphatic hydroxyl groups excluding tert-OH is 1. The molecule has 0 bridgehead atoms. The van der Waals surface area contributed by atoms with E-state index in [2.05, 4.69) is 26.2 Å². The van der Waals surface area contributed by atoms with Gasteiger partial charge in [-0.05, 0) is 39.0 Å². The van der Waals surface area contributed by atoms with Crippen molar-refractivity contribution in [3.8, 4) is 0 Å². The van der Waals surface area contributed by atoms with E-state index in [1.165, 1.54) is 0 Å². The Morgan fingerprint density at radius 2 is 1.89 bits per heavy atom. The van der Waals surface area contributed by atoms with Crippen molar-refractivity contribution in [1.82, 2.24) is 0 Å². The fourth-order valence-electron chi connectivity index (χ4n) is 1.56. The van der Waals surface area contributed by atoms with Gasteiger partial charge in [-0.2, -0.15) is 0 Å². The summed E-state index contributed by atoms with van der Waals surface area (Å²) in [7, 11) is -2.78. The van der Waals surface area contributed by atoms with E-state index in [0.717, 1.165) is 0 Å². The van der Waals surface area contributed by atoms with Crippen molar-refractivity contribution in [2.45, 2.75) is 39.0 Å². The molecule has 0 aliphatic heterocycles. The molecule has 7 heteroatoms. The normalized spacial score (nSPS) is 14.8. The Morgan fingerprint density at radius 3 is 2.26 bits per heavy atom. The highest BCUT2D eigenvalue weighted by Crippen LogP contribution is 2.20. The molecule has 5 nitrogen and oxygen atoms in total. The standard InChI is InChI=1S/C12H26O5Si2/c1-11(2)12(14)16-8-7-9-19(10-13,15-3)17-18(4,5)6/h13H,1,7-10H2,2-6H3. The highest BCUT2D eigenvalue weighted by atomic mass is 28.4. The summed E-state index contributed by atoms with van der Waals surface area (Å²) in [5.74, 6) is -0.389. The maximum Gasteiger partial charge on any atom is 0.354 e. The van der Waals surface area contributed by atoms with E-state index in [-0.39, 0.29) is 12.2 Å². The van der Waals surface area contributed by atoms with Crippen LogP contribution in [0.2, 0.25) is 25.7 Å². The Bertz CT molecular complexity index is 308. The molecule has 0 fully saturated rings. The lowest BCUT2D eigenvalue weighted by Gasteiger charge is -2.34. The molecule has 1 atom stereocenters. The third-order valence-electron chi connectivity index (χ3n) is 2.39. The third kappa shape index (κ3) is 7.63. The van der Waals surface area contributed by atoms with Gasteiger partial charge in [0.1, 0.15) is 0 Å². The number of hydrogen-bond acceptors (Lipinski definition) is 5. The van der Waals surface area contributed by atoms with Crippen LogP contribution in [-0.2, 0) is 18.1 Å². The van der Waals surface area contributed by atoms with Gasteiger partial charge in [0.05, 0.1) is 12.8 Å². The maximum atomic E-state index is 11.2. The predicted octanol–water partition coefficient (Wildman–Crippen LogP) is 1.97. The third-order valence-corrected chi connectivity index (χ3v) is 8.67. The van der Waals surface area contributed by atoms with Gasteiger partial charge < -0.3 is 18.4 Å². The summed E-state index contributed by atoms with van der Waals surface area (Å²) in [5, 5.41) is 9.55. The second kappa shape index (κ2) is 7.96. The van der Waals surface area contributed by atoms with Gasteiger partial charge in [0.25, 0.3) is 0 Å². The molecule has 0 rings (SSSR count). The number of aliphatic hydroxyl groups is 1. The van der Waals surface area contributed by atoms with Gasteiger partial charge in [-0.1, -0.05) is 6.58 Å². The molecule has 112 valence electrons. The van der Waals surface area contributed by atoms with Crippen molar-refractivity contribution >= 4 is 22.8 Å². The molecule has 0 heterocycles. The van der Waals surface area contributed by atoms with E-state index >= 15 is 0 Å². The van der Waals surface area contributed by atoms with Crippen LogP contribution >= 0.6 is 0 Å². The summed E-state index contributed by atoms with van der Waals surface area (Å²) >= 11 is 0. The second-order valence-electron chi connectivity index (χ2n) is 5.51. The van der Waals surface area contributed by atoms with E-state index in [4.69, 9.17) is 13.3 Å². The Morgan fingerprint density at radius 1 is 1.32 bits per heavy atom. The molecule has 0 saturated carbocycles. The Balaban J connectivity index is 4.29. The molecule has 0 amide bonds. The van der Waals surface area contributed by atoms with Crippen LogP contribution in [0.5, 0.6) is 0 Å². The topological polar surface area (TPSA) is 65.0 Å². The number of carbonyl (C=O) groups is 1. The minimum absolute atomic E-state index is 0.0811. The zero-order chi connectivity index (χ0) is 15.1. The summed E-state index contributed by atoms with van der Waals surface area (Å²) in [5.41, 5.74) is 0.385. The molecular weight excluding hydrogens is 280 g/mol. The number of hydrogen-bond donors (Lipinski definition) is 1. The maximum absolute atomic E-state index is 11.2. The summed E-state index contributed by atoms with van der Waals surface area (Å²) < 4.78 is 16.5. The zero-order valence-corrected chi connectivity index (χ0v) is 14.6. The van der Waals surface area contributed by atoms with E-state index in [0.29, 0.717) is 24.6 Å². The first-order chi connectivity index (χ1) is 8.66. The van der Waals surface area contributed by atoms with Gasteiger partial charge in [0.2, 0.25) is 0 Å². The molecule has 0 aromatic carbocycles. The molecule has 1 N–H and O–H groups in total. The molecule has 0 spiro atoms. The average molecular weight is 307 g/mol. The van der Waals surface area contributed by atoms with Crippen LogP contribution in [0.15, 0.2) is 12.2 Å². The molecule has 1 unspecified atom stereocenters. The van der Waals surface area contributed by atoms with E-state index in [1.54, 1.807) is 14.0 Å². The van der Waals surface area contributed by atoms with Gasteiger partial charge in [0, 0.05) is 12.7 Å². The van der Waals surface area contributed by atoms with E-state index in [1.807, 2.05) is 0 Å². The number of ether oxygens (including phenoxy) is 1. The van der Waals surface area contributed by atoms with Crippen LogP contribution in [0.25, 0.3) is 0 Å². The lowest BCUT2D eigenvalue weighted by molar-refractivity contribution is -0.138. The molecule has 0 saturated heterocycles. The monoisotopic (exact) mass is 306 g/mol. The largest absolute Gasteiger partial charge is 0.462 e. The van der Waals surface area contributed by atoms with Crippen molar-refractivity contribution in [2.24, 2.45) is 0 Å². The van der Waals surface area contributed by atoms with Crippen LogP contribution < -0.4 is 0 Å². The van der Waals surface area contributed by atoms with Crippen LogP contribution in [0.4, 0.5) is 0 Å². The number of esters is 1. The summed E-state index contributed by atoms with van der Waals surface area (Å²) in [6.45, 7) is 11.6. The Kier molecular flexibility index (Phi) is 7.76. The molecule has 19 heavy (non-hydrogen) atoms. The molecule has 0 aliphatic carbocycles. The van der Waals surface area contributed by atoms with Crippen LogP contribution in [0.3, 0.4) is 0 Å². The van der Waals surface area contributed by atoms with Crippen molar-refractivity contribution in [3.05, 3.63) is 12.2 Å². The fraction of sp³-hybridized carbons (Fsp3) is 0.750. The van der Waals surface area contributed by atoms with Crippen LogP contribution in [-0.4, -0.2) is 47.9 Å². The first-order valence-electron chi connectivity index (χ1n) is 6.34. The minimum atomic E-state index is -2.57. The second-order valence-corrected chi connectivity index (χ2v) is 13.6. The Labute approximate surface area is 117 Å². The van der Waals surface area contributed by atoms with Gasteiger partial charge in [-0.3, -0.25) is 0 Å². The summed E-state index contributed by atoms with van der Waals surface area (Å²) in [4.78, 5) is 11.2. The zero-order valence-electron chi connectivity index (χ0n) is 12.6. The van der Waals surface area contributed by atoms with Crippen LogP contribution in [0.1, 0.15) is 13.3 Å².